The first-order valence-corrected chi connectivity index (χ1v) is 4.07. The normalized spacial score (nSPS) is 10.9. The molecule has 1 aromatic heterocycles. The van der Waals surface area contributed by atoms with Crippen LogP contribution in [0.15, 0.2) is 18.2 Å². The van der Waals surface area contributed by atoms with Crippen molar-refractivity contribution < 1.29 is 5.11 Å². The molecule has 0 saturated heterocycles. The van der Waals surface area contributed by atoms with E-state index in [9.17, 15) is 5.11 Å². The van der Waals surface area contributed by atoms with Crippen molar-refractivity contribution in [3.63, 3.8) is 0 Å². The van der Waals surface area contributed by atoms with E-state index in [1.165, 1.54) is 0 Å². The topological polar surface area (TPSA) is 64.1 Å². The van der Waals surface area contributed by atoms with Crippen LogP contribution in [0.5, 0.6) is 5.75 Å². The van der Waals surface area contributed by atoms with Crippen molar-refractivity contribution in [2.75, 3.05) is 0 Å². The predicted octanol–water partition coefficient (Wildman–Crippen LogP) is 0.738. The fraction of sp³-hybridized carbons (Fsp3) is 0.222. The summed E-state index contributed by atoms with van der Waals surface area (Å²) >= 11 is 0. The zero-order valence-electron chi connectivity index (χ0n) is 7.36. The summed E-state index contributed by atoms with van der Waals surface area (Å²) in [6, 6.07) is 5.11. The molecule has 0 atom stereocenters. The molecule has 0 unspecified atom stereocenters. The molecule has 0 amide bonds. The first-order chi connectivity index (χ1) is 6.22. The first-order valence-electron chi connectivity index (χ1n) is 4.07. The van der Waals surface area contributed by atoms with Crippen LogP contribution in [0.25, 0.3) is 11.0 Å². The van der Waals surface area contributed by atoms with Crippen LogP contribution >= 0.6 is 0 Å². The highest BCUT2D eigenvalue weighted by Crippen LogP contribution is 2.19. The Hall–Kier alpha value is -1.55. The lowest BCUT2D eigenvalue weighted by molar-refractivity contribution is 0.476. The van der Waals surface area contributed by atoms with Crippen molar-refractivity contribution in [3.05, 3.63) is 24.0 Å². The number of fused-ring (bicyclic) bond motifs is 1. The number of aromatic hydroxyl groups is 1. The van der Waals surface area contributed by atoms with Gasteiger partial charge in [0.25, 0.3) is 0 Å². The van der Waals surface area contributed by atoms with Gasteiger partial charge in [-0.05, 0) is 12.1 Å². The lowest BCUT2D eigenvalue weighted by Crippen LogP contribution is -2.04. The molecule has 0 fully saturated rings. The second-order valence-electron chi connectivity index (χ2n) is 2.96. The van der Waals surface area contributed by atoms with E-state index in [2.05, 4.69) is 4.98 Å². The van der Waals surface area contributed by atoms with Gasteiger partial charge in [0.2, 0.25) is 0 Å². The van der Waals surface area contributed by atoms with Crippen LogP contribution in [0, 0.1) is 0 Å². The molecule has 0 saturated carbocycles. The maximum atomic E-state index is 9.22. The highest BCUT2D eigenvalue weighted by atomic mass is 16.3. The Balaban J connectivity index is 2.76. The van der Waals surface area contributed by atoms with Crippen LogP contribution < -0.4 is 5.73 Å². The van der Waals surface area contributed by atoms with E-state index < -0.39 is 0 Å². The van der Waals surface area contributed by atoms with Gasteiger partial charge in [0.05, 0.1) is 17.6 Å². The minimum absolute atomic E-state index is 0.231. The number of hydrogen-bond donors (Lipinski definition) is 2. The number of nitrogens with two attached hydrogens (primary N) is 1. The van der Waals surface area contributed by atoms with E-state index in [4.69, 9.17) is 5.73 Å². The van der Waals surface area contributed by atoms with Crippen LogP contribution in [0.4, 0.5) is 0 Å². The van der Waals surface area contributed by atoms with Crippen LogP contribution in [-0.2, 0) is 13.6 Å². The molecule has 0 bridgehead atoms. The van der Waals surface area contributed by atoms with E-state index in [0.717, 1.165) is 16.9 Å². The van der Waals surface area contributed by atoms with Crippen LogP contribution in [0.2, 0.25) is 0 Å². The molecule has 2 rings (SSSR count). The van der Waals surface area contributed by atoms with Crippen LogP contribution in [0.1, 0.15) is 5.82 Å². The van der Waals surface area contributed by atoms with Crippen molar-refractivity contribution in [3.8, 4) is 5.75 Å². The van der Waals surface area contributed by atoms with Gasteiger partial charge in [0, 0.05) is 13.1 Å². The lowest BCUT2D eigenvalue weighted by atomic mass is 10.3. The summed E-state index contributed by atoms with van der Waals surface area (Å²) in [5.41, 5.74) is 7.27. The van der Waals surface area contributed by atoms with Crippen LogP contribution in [-0.4, -0.2) is 14.7 Å². The number of imidazole rings is 1. The third kappa shape index (κ3) is 1.15. The minimum atomic E-state index is 0.231. The number of benzene rings is 1. The van der Waals surface area contributed by atoms with Gasteiger partial charge in [-0.1, -0.05) is 0 Å². The fourth-order valence-electron chi connectivity index (χ4n) is 1.42. The molecule has 0 radical (unpaired) electrons. The lowest BCUT2D eigenvalue weighted by Gasteiger charge is -1.97. The number of hydrogen-bond acceptors (Lipinski definition) is 3. The molecule has 3 N–H and O–H groups in total. The first kappa shape index (κ1) is 8.07. The molecule has 1 heterocycles. The molecule has 4 nitrogen and oxygen atoms in total. The number of nitrogens with zero attached hydrogens (tertiary/aromatic N) is 2. The van der Waals surface area contributed by atoms with Gasteiger partial charge in [-0.2, -0.15) is 0 Å². The van der Waals surface area contributed by atoms with Gasteiger partial charge in [-0.15, -0.1) is 0 Å². The van der Waals surface area contributed by atoms with Gasteiger partial charge in [-0.3, -0.25) is 0 Å². The molecule has 2 aromatic rings. The molecule has 0 spiro atoms. The third-order valence-electron chi connectivity index (χ3n) is 2.14. The Morgan fingerprint density at radius 2 is 2.31 bits per heavy atom. The summed E-state index contributed by atoms with van der Waals surface area (Å²) in [4.78, 5) is 4.27. The van der Waals surface area contributed by atoms with Gasteiger partial charge in [0.15, 0.2) is 0 Å². The van der Waals surface area contributed by atoms with Crippen molar-refractivity contribution in [1.82, 2.24) is 9.55 Å². The zero-order chi connectivity index (χ0) is 9.42. The summed E-state index contributed by atoms with van der Waals surface area (Å²) in [5, 5.41) is 9.22. The monoisotopic (exact) mass is 177 g/mol. The van der Waals surface area contributed by atoms with Crippen molar-refractivity contribution in [2.45, 2.75) is 6.54 Å². The van der Waals surface area contributed by atoms with Crippen LogP contribution in [0.3, 0.4) is 0 Å². The smallest absolute Gasteiger partial charge is 0.123 e. The highest BCUT2D eigenvalue weighted by molar-refractivity contribution is 5.77. The molecule has 0 aliphatic carbocycles. The van der Waals surface area contributed by atoms with Crippen molar-refractivity contribution in [1.29, 1.82) is 0 Å². The fourth-order valence-corrected chi connectivity index (χ4v) is 1.42. The minimum Gasteiger partial charge on any atom is -0.508 e. The number of aryl methyl sites for hydroxylation is 1. The Morgan fingerprint density at radius 1 is 1.54 bits per heavy atom. The van der Waals surface area contributed by atoms with E-state index in [0.29, 0.717) is 6.54 Å². The number of phenols is 1. The van der Waals surface area contributed by atoms with Crippen molar-refractivity contribution in [2.24, 2.45) is 12.8 Å². The third-order valence-corrected chi connectivity index (χ3v) is 2.14. The summed E-state index contributed by atoms with van der Waals surface area (Å²) < 4.78 is 1.93. The summed E-state index contributed by atoms with van der Waals surface area (Å²) in [5.74, 6) is 1.05. The molecule has 13 heavy (non-hydrogen) atoms. The number of rotatable bonds is 1. The molecule has 4 heteroatoms. The number of aromatic nitrogens is 2. The molecular formula is C9H11N3O. The maximum Gasteiger partial charge on any atom is 0.123 e. The van der Waals surface area contributed by atoms with Gasteiger partial charge in [0.1, 0.15) is 11.6 Å². The van der Waals surface area contributed by atoms with E-state index >= 15 is 0 Å². The standard InChI is InChI=1S/C9H11N3O/c1-12-8-3-2-6(13)4-7(8)11-9(12)5-10/h2-4,13H,5,10H2,1H3. The Kier molecular flexibility index (Phi) is 1.70. The molecule has 0 aliphatic heterocycles. The Morgan fingerprint density at radius 3 is 3.00 bits per heavy atom. The molecular weight excluding hydrogens is 166 g/mol. The van der Waals surface area contributed by atoms with Gasteiger partial charge in [-0.25, -0.2) is 4.98 Å². The largest absolute Gasteiger partial charge is 0.508 e. The second kappa shape index (κ2) is 2.74. The summed E-state index contributed by atoms with van der Waals surface area (Å²) in [7, 11) is 1.91. The van der Waals surface area contributed by atoms with E-state index in [1.54, 1.807) is 12.1 Å². The van der Waals surface area contributed by atoms with E-state index in [-0.39, 0.29) is 5.75 Å². The molecule has 1 aromatic carbocycles. The second-order valence-corrected chi connectivity index (χ2v) is 2.96. The van der Waals surface area contributed by atoms with E-state index in [1.807, 2.05) is 17.7 Å². The maximum absolute atomic E-state index is 9.22. The average molecular weight is 177 g/mol. The van der Waals surface area contributed by atoms with Gasteiger partial charge >= 0.3 is 0 Å². The summed E-state index contributed by atoms with van der Waals surface area (Å²) in [6.07, 6.45) is 0. The average Bonchev–Trinajstić information content (AvgIpc) is 2.42. The van der Waals surface area contributed by atoms with Gasteiger partial charge < -0.3 is 15.4 Å². The zero-order valence-corrected chi connectivity index (χ0v) is 7.36. The quantitative estimate of drug-likeness (QED) is 0.675. The Labute approximate surface area is 75.6 Å². The molecule has 0 aliphatic rings. The summed E-state index contributed by atoms with van der Waals surface area (Å²) in [6.45, 7) is 0.409. The predicted molar refractivity (Wildman–Crippen MR) is 50.3 cm³/mol. The highest BCUT2D eigenvalue weighted by Gasteiger charge is 2.05. The Bertz CT molecular complexity index is 447. The van der Waals surface area contributed by atoms with Crippen molar-refractivity contribution >= 4 is 11.0 Å². The molecule has 68 valence electrons. The SMILES string of the molecule is Cn1c(CN)nc2cc(O)ccc21. The number of phenolic OH excluding ortho intramolecular Hbond substituents is 1.